The zero-order valence-corrected chi connectivity index (χ0v) is 13.4. The van der Waals surface area contributed by atoms with E-state index in [0.29, 0.717) is 35.0 Å². The Labute approximate surface area is 142 Å². The first kappa shape index (κ1) is 14.2. The van der Waals surface area contributed by atoms with E-state index in [2.05, 4.69) is 0 Å². The van der Waals surface area contributed by atoms with Crippen LogP contribution in [0.3, 0.4) is 0 Å². The molecular formula is C19H14O6. The third-order valence-electron chi connectivity index (χ3n) is 4.65. The van der Waals surface area contributed by atoms with Gasteiger partial charge in [-0.25, -0.2) is 0 Å². The van der Waals surface area contributed by atoms with Gasteiger partial charge in [-0.1, -0.05) is 0 Å². The fraction of sp³-hybridized carbons (Fsp3) is 0.211. The normalized spacial score (nSPS) is 18.1. The summed E-state index contributed by atoms with van der Waals surface area (Å²) < 4.78 is 27.2. The number of hydrogen-bond donors (Lipinski definition) is 0. The first-order valence-corrected chi connectivity index (χ1v) is 7.92. The topological polar surface area (TPSA) is 67.1 Å². The van der Waals surface area contributed by atoms with Crippen molar-refractivity contribution in [3.63, 3.8) is 0 Å². The predicted octanol–water partition coefficient (Wildman–Crippen LogP) is 3.42. The number of furan rings is 1. The molecule has 0 N–H and O–H groups in total. The zero-order chi connectivity index (χ0) is 17.0. The van der Waals surface area contributed by atoms with Crippen molar-refractivity contribution in [1.82, 2.24) is 0 Å². The van der Waals surface area contributed by atoms with Crippen molar-refractivity contribution < 1.29 is 28.2 Å². The number of benzene rings is 2. The van der Waals surface area contributed by atoms with Gasteiger partial charge in [0.05, 0.1) is 19.3 Å². The quantitative estimate of drug-likeness (QED) is 0.527. The third kappa shape index (κ3) is 2.14. The first-order chi connectivity index (χ1) is 12.2. The van der Waals surface area contributed by atoms with Gasteiger partial charge in [-0.15, -0.1) is 0 Å². The van der Waals surface area contributed by atoms with Gasteiger partial charge in [0, 0.05) is 23.1 Å². The highest BCUT2D eigenvalue weighted by molar-refractivity contribution is 5.88. The Kier molecular flexibility index (Phi) is 2.94. The van der Waals surface area contributed by atoms with Crippen LogP contribution in [-0.2, 0) is 11.2 Å². The smallest absolute Gasteiger partial charge is 0.319 e. The second kappa shape index (κ2) is 5.17. The highest BCUT2D eigenvalue weighted by Gasteiger charge is 2.34. The standard InChI is InChI=1S/C19H14O6/c1-21-16-8-18-17(23-9-24-18)6-12(16)13-5-11-4-10-2-3-22-14(10)7-15(11)25-19(13)20/h2-4,6-8,13H,5,9H2,1H3/t13-/m0/s1. The van der Waals surface area contributed by atoms with Crippen molar-refractivity contribution >= 4 is 16.9 Å². The van der Waals surface area contributed by atoms with Gasteiger partial charge in [0.2, 0.25) is 6.79 Å². The van der Waals surface area contributed by atoms with E-state index in [1.54, 1.807) is 31.6 Å². The summed E-state index contributed by atoms with van der Waals surface area (Å²) in [5.41, 5.74) is 2.39. The minimum atomic E-state index is -0.471. The van der Waals surface area contributed by atoms with Crippen molar-refractivity contribution in [1.29, 1.82) is 0 Å². The molecule has 126 valence electrons. The molecule has 0 saturated heterocycles. The highest BCUT2D eigenvalue weighted by atomic mass is 16.7. The van der Waals surface area contributed by atoms with Gasteiger partial charge < -0.3 is 23.4 Å². The molecule has 0 bridgehead atoms. The Morgan fingerprint density at radius 1 is 1.08 bits per heavy atom. The Bertz CT molecular complexity index is 1000. The molecule has 3 heterocycles. The van der Waals surface area contributed by atoms with Crippen LogP contribution in [-0.4, -0.2) is 19.9 Å². The molecule has 3 aromatic rings. The number of fused-ring (bicyclic) bond motifs is 3. The molecule has 0 amide bonds. The second-order valence-electron chi connectivity index (χ2n) is 6.04. The molecule has 2 aliphatic rings. The van der Waals surface area contributed by atoms with Crippen molar-refractivity contribution in [2.75, 3.05) is 13.9 Å². The lowest BCUT2D eigenvalue weighted by Crippen LogP contribution is -2.26. The van der Waals surface area contributed by atoms with E-state index in [1.807, 2.05) is 12.1 Å². The van der Waals surface area contributed by atoms with Crippen LogP contribution in [0, 0.1) is 0 Å². The van der Waals surface area contributed by atoms with Gasteiger partial charge >= 0.3 is 5.97 Å². The Morgan fingerprint density at radius 3 is 2.76 bits per heavy atom. The third-order valence-corrected chi connectivity index (χ3v) is 4.65. The van der Waals surface area contributed by atoms with Gasteiger partial charge in [0.15, 0.2) is 11.5 Å². The van der Waals surface area contributed by atoms with Crippen molar-refractivity contribution in [2.45, 2.75) is 12.3 Å². The molecule has 2 aliphatic heterocycles. The lowest BCUT2D eigenvalue weighted by Gasteiger charge is -2.25. The summed E-state index contributed by atoms with van der Waals surface area (Å²) in [5.74, 6) is 1.56. The van der Waals surface area contributed by atoms with Crippen LogP contribution in [0.5, 0.6) is 23.0 Å². The molecule has 1 atom stereocenters. The van der Waals surface area contributed by atoms with Gasteiger partial charge in [-0.05, 0) is 30.2 Å². The van der Waals surface area contributed by atoms with Crippen LogP contribution in [0.25, 0.3) is 11.0 Å². The largest absolute Gasteiger partial charge is 0.496 e. The van der Waals surface area contributed by atoms with Gasteiger partial charge in [0.25, 0.3) is 0 Å². The summed E-state index contributed by atoms with van der Waals surface area (Å²) in [7, 11) is 1.57. The molecule has 6 nitrogen and oxygen atoms in total. The lowest BCUT2D eigenvalue weighted by molar-refractivity contribution is -0.137. The molecule has 2 aromatic carbocycles. The summed E-state index contributed by atoms with van der Waals surface area (Å²) in [6, 6.07) is 9.19. The molecule has 25 heavy (non-hydrogen) atoms. The minimum absolute atomic E-state index is 0.165. The number of methoxy groups -OCH3 is 1. The van der Waals surface area contributed by atoms with Gasteiger partial charge in [-0.3, -0.25) is 4.79 Å². The molecule has 0 fully saturated rings. The molecule has 0 aliphatic carbocycles. The van der Waals surface area contributed by atoms with Crippen molar-refractivity contribution in [2.24, 2.45) is 0 Å². The SMILES string of the molecule is COc1cc2c(cc1[C@@H]1Cc3cc4ccoc4cc3OC1=O)OCO2. The average Bonchev–Trinajstić information content (AvgIpc) is 3.26. The van der Waals surface area contributed by atoms with E-state index in [0.717, 1.165) is 16.5 Å². The molecule has 0 saturated carbocycles. The van der Waals surface area contributed by atoms with Gasteiger partial charge in [-0.2, -0.15) is 0 Å². The zero-order valence-electron chi connectivity index (χ0n) is 13.4. The number of rotatable bonds is 2. The van der Waals surface area contributed by atoms with Crippen LogP contribution >= 0.6 is 0 Å². The van der Waals surface area contributed by atoms with E-state index >= 15 is 0 Å². The van der Waals surface area contributed by atoms with E-state index in [4.69, 9.17) is 23.4 Å². The van der Waals surface area contributed by atoms with E-state index in [1.165, 1.54) is 0 Å². The summed E-state index contributed by atoms with van der Waals surface area (Å²) >= 11 is 0. The predicted molar refractivity (Wildman–Crippen MR) is 87.4 cm³/mol. The molecule has 1 aromatic heterocycles. The fourth-order valence-corrected chi connectivity index (χ4v) is 3.40. The molecule has 0 spiro atoms. The monoisotopic (exact) mass is 338 g/mol. The number of carbonyl (C=O) groups is 1. The lowest BCUT2D eigenvalue weighted by atomic mass is 9.88. The van der Waals surface area contributed by atoms with Crippen molar-refractivity contribution in [3.05, 3.63) is 47.7 Å². The minimum Gasteiger partial charge on any atom is -0.496 e. The molecule has 0 radical (unpaired) electrons. The Hall–Kier alpha value is -3.15. The van der Waals surface area contributed by atoms with Crippen LogP contribution in [0.4, 0.5) is 0 Å². The fourth-order valence-electron chi connectivity index (χ4n) is 3.40. The maximum Gasteiger partial charge on any atom is 0.319 e. The summed E-state index contributed by atoms with van der Waals surface area (Å²) in [5, 5.41) is 0.980. The molecule has 5 rings (SSSR count). The molecule has 6 heteroatoms. The second-order valence-corrected chi connectivity index (χ2v) is 6.04. The number of esters is 1. The summed E-state index contributed by atoms with van der Waals surface area (Å²) in [6.45, 7) is 0.165. The summed E-state index contributed by atoms with van der Waals surface area (Å²) in [6.07, 6.45) is 2.14. The average molecular weight is 338 g/mol. The van der Waals surface area contributed by atoms with Crippen LogP contribution in [0.1, 0.15) is 17.0 Å². The first-order valence-electron chi connectivity index (χ1n) is 7.92. The number of carbonyl (C=O) groups excluding carboxylic acids is 1. The summed E-state index contributed by atoms with van der Waals surface area (Å²) in [4.78, 5) is 12.6. The van der Waals surface area contributed by atoms with Crippen LogP contribution in [0.15, 0.2) is 41.0 Å². The van der Waals surface area contributed by atoms with E-state index in [9.17, 15) is 4.79 Å². The molecule has 0 unspecified atom stereocenters. The number of hydrogen-bond acceptors (Lipinski definition) is 6. The maximum absolute atomic E-state index is 12.6. The van der Waals surface area contributed by atoms with Crippen LogP contribution < -0.4 is 18.9 Å². The Morgan fingerprint density at radius 2 is 1.92 bits per heavy atom. The van der Waals surface area contributed by atoms with Gasteiger partial charge in [0.1, 0.15) is 17.1 Å². The Balaban J connectivity index is 1.60. The van der Waals surface area contributed by atoms with Crippen LogP contribution in [0.2, 0.25) is 0 Å². The van der Waals surface area contributed by atoms with E-state index < -0.39 is 5.92 Å². The highest BCUT2D eigenvalue weighted by Crippen LogP contribution is 2.44. The van der Waals surface area contributed by atoms with E-state index in [-0.39, 0.29) is 12.8 Å². The van der Waals surface area contributed by atoms with Crippen molar-refractivity contribution in [3.8, 4) is 23.0 Å². The maximum atomic E-state index is 12.6. The number of ether oxygens (including phenoxy) is 4. The molecular weight excluding hydrogens is 324 g/mol.